The SMILES string of the molecule is O=C(c1ccc(N2CCC(C3CCN(C(=O)C(O)(c4ccccc4)C(F)(F)F)CC3)CC2)cc1Cl)N1CC[C@H](F)C1. The molecule has 0 aliphatic carbocycles. The molecule has 41 heavy (non-hydrogen) atoms. The number of hydrogen-bond donors (Lipinski definition) is 1. The molecule has 3 saturated heterocycles. The van der Waals surface area contributed by atoms with Gasteiger partial charge < -0.3 is 19.8 Å². The number of alkyl halides is 4. The Labute approximate surface area is 241 Å². The van der Waals surface area contributed by atoms with Crippen LogP contribution in [0.1, 0.15) is 48.0 Å². The van der Waals surface area contributed by atoms with Gasteiger partial charge in [-0.2, -0.15) is 13.2 Å². The van der Waals surface area contributed by atoms with Crippen LogP contribution in [0.5, 0.6) is 0 Å². The van der Waals surface area contributed by atoms with E-state index in [1.54, 1.807) is 12.1 Å². The summed E-state index contributed by atoms with van der Waals surface area (Å²) >= 11 is 6.46. The van der Waals surface area contributed by atoms with Crippen molar-refractivity contribution in [2.45, 2.75) is 50.1 Å². The maximum Gasteiger partial charge on any atom is 0.430 e. The van der Waals surface area contributed by atoms with Crippen LogP contribution < -0.4 is 4.90 Å². The fourth-order valence-corrected chi connectivity index (χ4v) is 6.72. The van der Waals surface area contributed by atoms with E-state index < -0.39 is 29.4 Å². The van der Waals surface area contributed by atoms with Crippen molar-refractivity contribution < 1.29 is 32.3 Å². The first kappa shape index (κ1) is 29.6. The highest BCUT2D eigenvalue weighted by Gasteiger charge is 2.62. The number of rotatable bonds is 5. The lowest BCUT2D eigenvalue weighted by Crippen LogP contribution is -2.57. The summed E-state index contributed by atoms with van der Waals surface area (Å²) in [5, 5.41) is 11.0. The third-order valence-corrected chi connectivity index (χ3v) is 9.22. The number of halogens is 5. The molecule has 2 aromatic rings. The standard InChI is InChI=1S/C30H34ClF4N3O3/c31-26-18-24(6-7-25(26)27(39)38-17-12-23(32)19-38)36-13-8-20(9-14-36)21-10-15-37(16-11-21)28(40)29(41,30(33,34)35)22-4-2-1-3-5-22/h1-7,18,20-21,23,41H,8-17,19H2/t23-,29?/m0/s1. The van der Waals surface area contributed by atoms with E-state index in [1.807, 2.05) is 6.07 Å². The summed E-state index contributed by atoms with van der Waals surface area (Å²) in [6.45, 7) is 2.35. The first-order chi connectivity index (χ1) is 19.5. The largest absolute Gasteiger partial charge is 0.430 e. The van der Waals surface area contributed by atoms with Crippen molar-refractivity contribution in [1.82, 2.24) is 9.80 Å². The second-order valence-electron chi connectivity index (χ2n) is 11.3. The minimum absolute atomic E-state index is 0.0910. The van der Waals surface area contributed by atoms with Crippen LogP contribution in [0.3, 0.4) is 0 Å². The van der Waals surface area contributed by atoms with Crippen LogP contribution in [0.4, 0.5) is 23.2 Å². The molecule has 0 radical (unpaired) electrons. The lowest BCUT2D eigenvalue weighted by atomic mass is 9.78. The van der Waals surface area contributed by atoms with Crippen molar-refractivity contribution in [2.24, 2.45) is 11.8 Å². The van der Waals surface area contributed by atoms with Crippen molar-refractivity contribution in [3.8, 4) is 0 Å². The molecule has 0 spiro atoms. The van der Waals surface area contributed by atoms with E-state index in [-0.39, 0.29) is 31.5 Å². The number of benzene rings is 2. The summed E-state index contributed by atoms with van der Waals surface area (Å²) in [6.07, 6.45) is -2.86. The van der Waals surface area contributed by atoms with Crippen molar-refractivity contribution in [1.29, 1.82) is 0 Å². The highest BCUT2D eigenvalue weighted by molar-refractivity contribution is 6.34. The maximum absolute atomic E-state index is 14.0. The zero-order chi connectivity index (χ0) is 29.4. The van der Waals surface area contributed by atoms with E-state index in [1.165, 1.54) is 23.1 Å². The number of carbonyl (C=O) groups excluding carboxylic acids is 2. The monoisotopic (exact) mass is 595 g/mol. The van der Waals surface area contributed by atoms with Gasteiger partial charge in [0.1, 0.15) is 6.17 Å². The average molecular weight is 596 g/mol. The lowest BCUT2D eigenvalue weighted by molar-refractivity contribution is -0.262. The summed E-state index contributed by atoms with van der Waals surface area (Å²) in [5.41, 5.74) is -2.78. The maximum atomic E-state index is 14.0. The molecule has 1 N–H and O–H groups in total. The number of nitrogens with zero attached hydrogens (tertiary/aromatic N) is 3. The molecule has 2 amide bonds. The molecule has 2 aromatic carbocycles. The van der Waals surface area contributed by atoms with Gasteiger partial charge in [-0.1, -0.05) is 41.9 Å². The third-order valence-electron chi connectivity index (χ3n) is 8.91. The van der Waals surface area contributed by atoms with Gasteiger partial charge in [0.05, 0.1) is 17.1 Å². The van der Waals surface area contributed by atoms with Gasteiger partial charge in [0.2, 0.25) is 0 Å². The average Bonchev–Trinajstić information content (AvgIpc) is 3.42. The number of hydrogen-bond acceptors (Lipinski definition) is 4. The van der Waals surface area contributed by atoms with Gasteiger partial charge in [0, 0.05) is 44.0 Å². The number of aliphatic hydroxyl groups is 1. The summed E-state index contributed by atoms with van der Waals surface area (Å²) in [5.74, 6) is -0.931. The molecule has 0 aromatic heterocycles. The molecule has 6 nitrogen and oxygen atoms in total. The molecule has 0 saturated carbocycles. The van der Waals surface area contributed by atoms with Crippen molar-refractivity contribution in [3.05, 3.63) is 64.7 Å². The van der Waals surface area contributed by atoms with E-state index >= 15 is 0 Å². The molecule has 3 aliphatic heterocycles. The molecule has 0 bridgehead atoms. The summed E-state index contributed by atoms with van der Waals surface area (Å²) < 4.78 is 55.4. The van der Waals surface area contributed by atoms with E-state index in [9.17, 15) is 32.3 Å². The van der Waals surface area contributed by atoms with E-state index in [4.69, 9.17) is 11.6 Å². The molecule has 3 heterocycles. The number of amides is 2. The number of piperidine rings is 2. The van der Waals surface area contributed by atoms with E-state index in [0.717, 1.165) is 48.7 Å². The van der Waals surface area contributed by atoms with Gasteiger partial charge in [-0.15, -0.1) is 0 Å². The van der Waals surface area contributed by atoms with Crippen LogP contribution in [0.15, 0.2) is 48.5 Å². The molecule has 5 rings (SSSR count). The summed E-state index contributed by atoms with van der Waals surface area (Å²) in [6, 6.07) is 11.9. The zero-order valence-electron chi connectivity index (χ0n) is 22.6. The second kappa shape index (κ2) is 11.8. The fraction of sp³-hybridized carbons (Fsp3) is 0.533. The van der Waals surface area contributed by atoms with Crippen LogP contribution in [-0.4, -0.2) is 78.3 Å². The quantitative estimate of drug-likeness (QED) is 0.469. The zero-order valence-corrected chi connectivity index (χ0v) is 23.4. The van der Waals surface area contributed by atoms with Gasteiger partial charge in [0.15, 0.2) is 0 Å². The number of anilines is 1. The number of likely N-dealkylation sites (tertiary alicyclic amines) is 2. The van der Waals surface area contributed by atoms with E-state index in [2.05, 4.69) is 4.90 Å². The Morgan fingerprint density at radius 1 is 0.829 bits per heavy atom. The first-order valence-electron chi connectivity index (χ1n) is 14.1. The van der Waals surface area contributed by atoms with E-state index in [0.29, 0.717) is 42.3 Å². The van der Waals surface area contributed by atoms with Gasteiger partial charge in [0.25, 0.3) is 17.4 Å². The fourth-order valence-electron chi connectivity index (χ4n) is 6.47. The van der Waals surface area contributed by atoms with Crippen LogP contribution >= 0.6 is 11.6 Å². The highest BCUT2D eigenvalue weighted by atomic mass is 35.5. The van der Waals surface area contributed by atoms with Crippen molar-refractivity contribution in [2.75, 3.05) is 44.2 Å². The molecule has 2 atom stereocenters. The number of carbonyl (C=O) groups is 2. The van der Waals surface area contributed by atoms with Gasteiger partial charge in [-0.25, -0.2) is 4.39 Å². The predicted octanol–water partition coefficient (Wildman–Crippen LogP) is 5.43. The summed E-state index contributed by atoms with van der Waals surface area (Å²) in [7, 11) is 0. The second-order valence-corrected chi connectivity index (χ2v) is 11.7. The molecule has 11 heteroatoms. The summed E-state index contributed by atoms with van der Waals surface area (Å²) in [4.78, 5) is 30.6. The lowest BCUT2D eigenvalue weighted by Gasteiger charge is -2.42. The topological polar surface area (TPSA) is 64.1 Å². The van der Waals surface area contributed by atoms with Gasteiger partial charge in [-0.05, 0) is 62.1 Å². The Morgan fingerprint density at radius 2 is 1.41 bits per heavy atom. The highest BCUT2D eigenvalue weighted by Crippen LogP contribution is 2.42. The van der Waals surface area contributed by atoms with Crippen LogP contribution in [0.25, 0.3) is 0 Å². The van der Waals surface area contributed by atoms with Crippen molar-refractivity contribution in [3.63, 3.8) is 0 Å². The molecule has 3 aliphatic rings. The minimum Gasteiger partial charge on any atom is -0.371 e. The Kier molecular flexibility index (Phi) is 8.53. The molecule has 222 valence electrons. The molecular formula is C30H34ClF4N3O3. The molecular weight excluding hydrogens is 562 g/mol. The Balaban J connectivity index is 1.15. The van der Waals surface area contributed by atoms with Gasteiger partial charge >= 0.3 is 6.18 Å². The normalized spacial score (nSPS) is 22.6. The first-order valence-corrected chi connectivity index (χ1v) is 14.5. The Bertz CT molecular complexity index is 1250. The smallest absolute Gasteiger partial charge is 0.371 e. The Hall–Kier alpha value is -2.85. The molecule has 3 fully saturated rings. The van der Waals surface area contributed by atoms with Gasteiger partial charge in [-0.3, -0.25) is 9.59 Å². The van der Waals surface area contributed by atoms with Crippen molar-refractivity contribution >= 4 is 29.1 Å². The third kappa shape index (κ3) is 5.91. The molecule has 1 unspecified atom stereocenters. The predicted molar refractivity (Wildman–Crippen MR) is 148 cm³/mol. The van der Waals surface area contributed by atoms with Crippen LogP contribution in [0, 0.1) is 11.8 Å². The Morgan fingerprint density at radius 3 is 1.95 bits per heavy atom. The van der Waals surface area contributed by atoms with Crippen LogP contribution in [0.2, 0.25) is 5.02 Å². The van der Waals surface area contributed by atoms with Crippen LogP contribution in [-0.2, 0) is 10.4 Å². The minimum atomic E-state index is -5.14.